The van der Waals surface area contributed by atoms with Crippen LogP contribution >= 0.6 is 0 Å². The van der Waals surface area contributed by atoms with Gasteiger partial charge >= 0.3 is 12.1 Å². The Labute approximate surface area is 204 Å². The van der Waals surface area contributed by atoms with Crippen molar-refractivity contribution in [3.63, 3.8) is 0 Å². The number of ether oxygens (including phenoxy) is 1. The van der Waals surface area contributed by atoms with Gasteiger partial charge in [-0.1, -0.05) is 97.1 Å². The summed E-state index contributed by atoms with van der Waals surface area (Å²) in [6, 6.07) is 26.5. The lowest BCUT2D eigenvalue weighted by Gasteiger charge is -2.22. The van der Waals surface area contributed by atoms with Crippen LogP contribution in [-0.2, 0) is 33.8 Å². The highest BCUT2D eigenvalue weighted by Crippen LogP contribution is 2.08. The lowest BCUT2D eigenvalue weighted by molar-refractivity contribution is -0.131. The van der Waals surface area contributed by atoms with Crippen molar-refractivity contribution in [2.24, 2.45) is 0 Å². The van der Waals surface area contributed by atoms with Crippen LogP contribution in [0, 0.1) is 0 Å². The van der Waals surface area contributed by atoms with Crippen molar-refractivity contribution in [2.45, 2.75) is 31.5 Å². The molecule has 2 atom stereocenters. The molecule has 2 amide bonds. The summed E-state index contributed by atoms with van der Waals surface area (Å²) in [5, 5.41) is 14.6. The van der Waals surface area contributed by atoms with E-state index in [-0.39, 0.29) is 13.0 Å². The number of hydrogen-bond acceptors (Lipinski definition) is 4. The minimum Gasteiger partial charge on any atom is -0.478 e. The van der Waals surface area contributed by atoms with Crippen molar-refractivity contribution in [1.82, 2.24) is 10.6 Å². The van der Waals surface area contributed by atoms with E-state index in [2.05, 4.69) is 10.6 Å². The van der Waals surface area contributed by atoms with Gasteiger partial charge in [0, 0.05) is 12.5 Å². The van der Waals surface area contributed by atoms with Crippen LogP contribution in [0.4, 0.5) is 4.79 Å². The van der Waals surface area contributed by atoms with E-state index in [1.165, 1.54) is 6.08 Å². The zero-order valence-corrected chi connectivity index (χ0v) is 19.2. The summed E-state index contributed by atoms with van der Waals surface area (Å²) in [4.78, 5) is 36.8. The second kappa shape index (κ2) is 13.3. The van der Waals surface area contributed by atoms with Gasteiger partial charge in [-0.25, -0.2) is 9.59 Å². The number of aliphatic carboxylic acids is 1. The molecule has 0 saturated heterocycles. The van der Waals surface area contributed by atoms with Gasteiger partial charge in [0.15, 0.2) is 0 Å². The van der Waals surface area contributed by atoms with E-state index in [0.717, 1.165) is 22.8 Å². The molecule has 35 heavy (non-hydrogen) atoms. The molecule has 0 heterocycles. The van der Waals surface area contributed by atoms with E-state index in [4.69, 9.17) is 9.84 Å². The molecule has 180 valence electrons. The molecule has 0 radical (unpaired) electrons. The Bertz CT molecular complexity index is 1120. The van der Waals surface area contributed by atoms with Crippen LogP contribution < -0.4 is 10.6 Å². The average molecular weight is 473 g/mol. The molecule has 0 aromatic heterocycles. The van der Waals surface area contributed by atoms with E-state index in [1.807, 2.05) is 91.0 Å². The second-order valence-corrected chi connectivity index (χ2v) is 7.95. The Morgan fingerprint density at radius 1 is 0.743 bits per heavy atom. The van der Waals surface area contributed by atoms with E-state index in [1.54, 1.807) is 0 Å². The molecule has 3 N–H and O–H groups in total. The minimum atomic E-state index is -1.11. The molecule has 0 aliphatic heterocycles. The van der Waals surface area contributed by atoms with Crippen LogP contribution in [0.25, 0.3) is 0 Å². The van der Waals surface area contributed by atoms with Gasteiger partial charge in [0.05, 0.1) is 6.04 Å². The molecule has 3 aromatic rings. The number of alkyl carbamates (subject to hydrolysis) is 1. The topological polar surface area (TPSA) is 105 Å². The number of benzene rings is 3. The van der Waals surface area contributed by atoms with Crippen molar-refractivity contribution in [1.29, 1.82) is 0 Å². The van der Waals surface area contributed by atoms with Crippen LogP contribution in [0.2, 0.25) is 0 Å². The lowest BCUT2D eigenvalue weighted by Crippen LogP contribution is -2.51. The van der Waals surface area contributed by atoms with Crippen LogP contribution in [0.15, 0.2) is 103 Å². The highest BCUT2D eigenvalue weighted by atomic mass is 16.5. The number of nitrogens with one attached hydrogen (secondary N) is 2. The van der Waals surface area contributed by atoms with Crippen molar-refractivity contribution < 1.29 is 24.2 Å². The highest BCUT2D eigenvalue weighted by Gasteiger charge is 2.24. The van der Waals surface area contributed by atoms with Crippen molar-refractivity contribution in [2.75, 3.05) is 0 Å². The molecule has 7 nitrogen and oxygen atoms in total. The monoisotopic (exact) mass is 472 g/mol. The fraction of sp³-hybridized carbons (Fsp3) is 0.179. The molecular formula is C28H28N2O5. The first-order chi connectivity index (χ1) is 17.0. The number of hydrogen-bond donors (Lipinski definition) is 3. The maximum atomic E-state index is 13.2. The third-order valence-electron chi connectivity index (χ3n) is 5.20. The number of carboxylic acids is 1. The first kappa shape index (κ1) is 25.2. The minimum absolute atomic E-state index is 0.0737. The first-order valence-corrected chi connectivity index (χ1v) is 11.3. The zero-order valence-electron chi connectivity index (χ0n) is 19.2. The SMILES string of the molecule is O=C(O)C=CC(Cc1ccccc1)NC(=O)C(Cc1ccccc1)NC(=O)OCc1ccccc1. The van der Waals surface area contributed by atoms with Crippen molar-refractivity contribution in [3.05, 3.63) is 120 Å². The predicted octanol–water partition coefficient (Wildman–Crippen LogP) is 3.89. The fourth-order valence-corrected chi connectivity index (χ4v) is 3.48. The summed E-state index contributed by atoms with van der Waals surface area (Å²) >= 11 is 0. The number of carbonyl (C=O) groups excluding carboxylic acids is 2. The second-order valence-electron chi connectivity index (χ2n) is 7.95. The van der Waals surface area contributed by atoms with E-state index < -0.39 is 30.1 Å². The smallest absolute Gasteiger partial charge is 0.408 e. The molecule has 0 fully saturated rings. The maximum absolute atomic E-state index is 13.2. The lowest BCUT2D eigenvalue weighted by atomic mass is 10.0. The van der Waals surface area contributed by atoms with Gasteiger partial charge in [-0.3, -0.25) is 4.79 Å². The Kier molecular flexibility index (Phi) is 9.63. The van der Waals surface area contributed by atoms with E-state index >= 15 is 0 Å². The number of rotatable bonds is 11. The molecule has 2 unspecified atom stereocenters. The standard InChI is InChI=1S/C28H28N2O5/c31-26(32)17-16-24(18-21-10-4-1-5-11-21)29-27(33)25(19-22-12-6-2-7-13-22)30-28(34)35-20-23-14-8-3-9-15-23/h1-17,24-25H,18-20H2,(H,29,33)(H,30,34)(H,31,32). The van der Waals surface area contributed by atoms with Gasteiger partial charge in [-0.2, -0.15) is 0 Å². The van der Waals surface area contributed by atoms with Gasteiger partial charge in [0.1, 0.15) is 12.6 Å². The van der Waals surface area contributed by atoms with Gasteiger partial charge in [-0.05, 0) is 23.1 Å². The largest absolute Gasteiger partial charge is 0.478 e. The van der Waals surface area contributed by atoms with E-state index in [9.17, 15) is 14.4 Å². The van der Waals surface area contributed by atoms with Crippen LogP contribution in [0.3, 0.4) is 0 Å². The number of carboxylic acid groups (broad SMARTS) is 1. The molecule has 0 aliphatic carbocycles. The molecule has 0 aliphatic rings. The highest BCUT2D eigenvalue weighted by molar-refractivity contribution is 5.86. The first-order valence-electron chi connectivity index (χ1n) is 11.3. The van der Waals surface area contributed by atoms with Crippen LogP contribution in [0.1, 0.15) is 16.7 Å². The van der Waals surface area contributed by atoms with Gasteiger partial charge in [-0.15, -0.1) is 0 Å². The summed E-state index contributed by atoms with van der Waals surface area (Å²) in [6.45, 7) is 0.0737. The molecule has 7 heteroatoms. The third-order valence-corrected chi connectivity index (χ3v) is 5.20. The fourth-order valence-electron chi connectivity index (χ4n) is 3.48. The van der Waals surface area contributed by atoms with Gasteiger partial charge < -0.3 is 20.5 Å². The van der Waals surface area contributed by atoms with Gasteiger partial charge in [0.25, 0.3) is 0 Å². The summed E-state index contributed by atoms with van der Waals surface area (Å²) in [5.74, 6) is -1.55. The maximum Gasteiger partial charge on any atom is 0.408 e. The Morgan fingerprint density at radius 2 is 1.26 bits per heavy atom. The predicted molar refractivity (Wildman–Crippen MR) is 133 cm³/mol. The molecule has 0 saturated carbocycles. The van der Waals surface area contributed by atoms with E-state index in [0.29, 0.717) is 6.42 Å². The summed E-state index contributed by atoms with van der Waals surface area (Å²) < 4.78 is 5.30. The summed E-state index contributed by atoms with van der Waals surface area (Å²) in [7, 11) is 0. The third kappa shape index (κ3) is 9.17. The molecule has 3 rings (SSSR count). The summed E-state index contributed by atoms with van der Waals surface area (Å²) in [6.07, 6.45) is 2.36. The molecule has 3 aromatic carbocycles. The number of amides is 2. The molecular weight excluding hydrogens is 444 g/mol. The van der Waals surface area contributed by atoms with Crippen molar-refractivity contribution in [3.8, 4) is 0 Å². The number of carbonyl (C=O) groups is 3. The Morgan fingerprint density at radius 3 is 1.80 bits per heavy atom. The van der Waals surface area contributed by atoms with Crippen molar-refractivity contribution >= 4 is 18.0 Å². The van der Waals surface area contributed by atoms with Gasteiger partial charge in [0.2, 0.25) is 5.91 Å². The zero-order chi connectivity index (χ0) is 24.9. The quantitative estimate of drug-likeness (QED) is 0.367. The Hall–Kier alpha value is -4.39. The van der Waals surface area contributed by atoms with Crippen LogP contribution in [-0.4, -0.2) is 35.2 Å². The molecule has 0 bridgehead atoms. The Balaban J connectivity index is 1.71. The van der Waals surface area contributed by atoms with Crippen LogP contribution in [0.5, 0.6) is 0 Å². The summed E-state index contributed by atoms with van der Waals surface area (Å²) in [5.41, 5.74) is 2.62. The average Bonchev–Trinajstić information content (AvgIpc) is 2.87. The molecule has 0 spiro atoms. The normalized spacial score (nSPS) is 12.5.